The Kier molecular flexibility index (Phi) is 39.0. The molecule has 0 radical (unpaired) electrons. The Labute approximate surface area is 367 Å². The highest BCUT2D eigenvalue weighted by molar-refractivity contribution is 5.70. The molecule has 10 nitrogen and oxygen atoms in total. The SMILES string of the molecule is CCCCCCCC/C=C/CCCCCC(=O)O[C@@H](COC(=O)CCCCCCCCCCCCCCCCCCCCCCCC)CO[C@H]1O[C@@H](CO)[C@@H](O)C(O)C1O. The Bertz CT molecular complexity index is 990. The summed E-state index contributed by atoms with van der Waals surface area (Å²) in [6.45, 7) is 3.44. The monoisotopic (exact) mass is 855 g/mol. The molecule has 0 spiro atoms. The van der Waals surface area contributed by atoms with Gasteiger partial charge in [0.25, 0.3) is 0 Å². The molecule has 1 rings (SSSR count). The third-order valence-electron chi connectivity index (χ3n) is 11.9. The van der Waals surface area contributed by atoms with Gasteiger partial charge in [-0.05, 0) is 38.5 Å². The molecule has 0 saturated carbocycles. The molecule has 0 aliphatic carbocycles. The first-order chi connectivity index (χ1) is 29.3. The topological polar surface area (TPSA) is 152 Å². The molecule has 0 aromatic carbocycles. The first-order valence-electron chi connectivity index (χ1n) is 25.3. The van der Waals surface area contributed by atoms with Gasteiger partial charge in [0, 0.05) is 12.8 Å². The van der Waals surface area contributed by atoms with Crippen molar-refractivity contribution >= 4 is 11.9 Å². The Hall–Kier alpha value is -1.56. The molecular formula is C50H94O10. The number of hydrogen-bond donors (Lipinski definition) is 4. The average Bonchev–Trinajstić information content (AvgIpc) is 3.25. The van der Waals surface area contributed by atoms with Crippen LogP contribution in [0.3, 0.4) is 0 Å². The van der Waals surface area contributed by atoms with Crippen molar-refractivity contribution in [1.82, 2.24) is 0 Å². The summed E-state index contributed by atoms with van der Waals surface area (Å²) in [5.74, 6) is -0.812. The van der Waals surface area contributed by atoms with E-state index >= 15 is 0 Å². The van der Waals surface area contributed by atoms with Crippen LogP contribution in [-0.4, -0.2) is 89.0 Å². The minimum atomic E-state index is -1.59. The number of rotatable bonds is 43. The highest BCUT2D eigenvalue weighted by Crippen LogP contribution is 2.23. The van der Waals surface area contributed by atoms with Crippen LogP contribution < -0.4 is 0 Å². The van der Waals surface area contributed by atoms with Crippen LogP contribution in [0.25, 0.3) is 0 Å². The van der Waals surface area contributed by atoms with E-state index in [1.807, 2.05) is 0 Å². The third-order valence-corrected chi connectivity index (χ3v) is 11.9. The molecule has 354 valence electrons. The lowest BCUT2D eigenvalue weighted by Crippen LogP contribution is -2.59. The largest absolute Gasteiger partial charge is 0.462 e. The maximum atomic E-state index is 12.8. The maximum absolute atomic E-state index is 12.8. The first kappa shape index (κ1) is 56.5. The van der Waals surface area contributed by atoms with Crippen LogP contribution in [0.5, 0.6) is 0 Å². The van der Waals surface area contributed by atoms with E-state index in [2.05, 4.69) is 26.0 Å². The Morgan fingerprint density at radius 2 is 0.883 bits per heavy atom. The van der Waals surface area contributed by atoms with Crippen molar-refractivity contribution in [3.8, 4) is 0 Å². The zero-order chi connectivity index (χ0) is 43.7. The van der Waals surface area contributed by atoms with Crippen molar-refractivity contribution < 1.29 is 49.0 Å². The second-order valence-corrected chi connectivity index (χ2v) is 17.6. The lowest BCUT2D eigenvalue weighted by molar-refractivity contribution is -0.305. The maximum Gasteiger partial charge on any atom is 0.306 e. The summed E-state index contributed by atoms with van der Waals surface area (Å²) < 4.78 is 22.2. The van der Waals surface area contributed by atoms with Gasteiger partial charge < -0.3 is 39.4 Å². The number of allylic oxidation sites excluding steroid dienone is 2. The van der Waals surface area contributed by atoms with Crippen LogP contribution in [0.2, 0.25) is 0 Å². The molecule has 0 aromatic rings. The van der Waals surface area contributed by atoms with Crippen molar-refractivity contribution in [1.29, 1.82) is 0 Å². The Balaban J connectivity index is 2.22. The van der Waals surface area contributed by atoms with Gasteiger partial charge in [0.1, 0.15) is 31.0 Å². The smallest absolute Gasteiger partial charge is 0.306 e. The standard InChI is InChI=1S/C50H94O10/c1-3-5-7-9-11-13-15-17-18-19-20-21-22-23-24-25-27-28-30-32-34-36-38-45(52)57-41-43(42-58-50-49(56)48(55)47(54)44(40-51)60-50)59-46(53)39-37-35-33-31-29-26-16-14-12-10-8-6-4-2/h26,29,43-44,47-51,54-56H,3-25,27-28,30-42H2,1-2H3/b29-26+/t43-,44-,47+,48?,49?,50-/m0/s1. The summed E-state index contributed by atoms with van der Waals surface area (Å²) in [6.07, 6.45) is 38.0. The average molecular weight is 855 g/mol. The van der Waals surface area contributed by atoms with E-state index in [4.69, 9.17) is 18.9 Å². The predicted octanol–water partition coefficient (Wildman–Crippen LogP) is 11.5. The number of hydrogen-bond acceptors (Lipinski definition) is 10. The number of esters is 2. The molecule has 0 aromatic heterocycles. The van der Waals surface area contributed by atoms with Gasteiger partial charge in [-0.2, -0.15) is 0 Å². The third kappa shape index (κ3) is 32.2. The lowest BCUT2D eigenvalue weighted by Gasteiger charge is -2.39. The molecule has 2 unspecified atom stereocenters. The molecule has 1 heterocycles. The molecule has 1 aliphatic rings. The predicted molar refractivity (Wildman–Crippen MR) is 243 cm³/mol. The molecule has 1 aliphatic heterocycles. The van der Waals surface area contributed by atoms with E-state index in [1.54, 1.807) is 0 Å². The van der Waals surface area contributed by atoms with Crippen molar-refractivity contribution in [3.63, 3.8) is 0 Å². The van der Waals surface area contributed by atoms with Gasteiger partial charge in [-0.15, -0.1) is 0 Å². The van der Waals surface area contributed by atoms with E-state index in [9.17, 15) is 30.0 Å². The zero-order valence-electron chi connectivity index (χ0n) is 38.7. The number of unbranched alkanes of at least 4 members (excludes halogenated alkanes) is 30. The minimum absolute atomic E-state index is 0.214. The molecule has 1 saturated heterocycles. The summed E-state index contributed by atoms with van der Waals surface area (Å²) in [4.78, 5) is 25.4. The van der Waals surface area contributed by atoms with Crippen LogP contribution in [0.1, 0.15) is 239 Å². The van der Waals surface area contributed by atoms with Gasteiger partial charge in [-0.3, -0.25) is 9.59 Å². The highest BCUT2D eigenvalue weighted by Gasteiger charge is 2.44. The van der Waals surface area contributed by atoms with Crippen LogP contribution in [-0.2, 0) is 28.5 Å². The van der Waals surface area contributed by atoms with E-state index in [0.29, 0.717) is 6.42 Å². The van der Waals surface area contributed by atoms with Gasteiger partial charge in [0.05, 0.1) is 13.2 Å². The van der Waals surface area contributed by atoms with E-state index in [-0.39, 0.29) is 32.0 Å². The minimum Gasteiger partial charge on any atom is -0.462 e. The second kappa shape index (κ2) is 41.5. The number of ether oxygens (including phenoxy) is 4. The quantitative estimate of drug-likeness (QED) is 0.0265. The van der Waals surface area contributed by atoms with E-state index < -0.39 is 49.4 Å². The molecule has 60 heavy (non-hydrogen) atoms. The first-order valence-corrected chi connectivity index (χ1v) is 25.3. The Morgan fingerprint density at radius 3 is 1.32 bits per heavy atom. The molecule has 10 heteroatoms. The summed E-state index contributed by atoms with van der Waals surface area (Å²) in [7, 11) is 0. The Morgan fingerprint density at radius 1 is 0.500 bits per heavy atom. The van der Waals surface area contributed by atoms with E-state index in [0.717, 1.165) is 44.9 Å². The summed E-state index contributed by atoms with van der Waals surface area (Å²) in [5.41, 5.74) is 0. The van der Waals surface area contributed by atoms with E-state index in [1.165, 1.54) is 161 Å². The molecule has 6 atom stereocenters. The number of carbonyl (C=O) groups is 2. The van der Waals surface area contributed by atoms with Crippen LogP contribution in [0, 0.1) is 0 Å². The van der Waals surface area contributed by atoms with Crippen LogP contribution in [0.15, 0.2) is 12.2 Å². The number of aliphatic hydroxyl groups excluding tert-OH is 4. The summed E-state index contributed by atoms with van der Waals surface area (Å²) >= 11 is 0. The second-order valence-electron chi connectivity index (χ2n) is 17.6. The van der Waals surface area contributed by atoms with Crippen LogP contribution in [0.4, 0.5) is 0 Å². The number of carbonyl (C=O) groups excluding carboxylic acids is 2. The summed E-state index contributed by atoms with van der Waals surface area (Å²) in [6, 6.07) is 0. The van der Waals surface area contributed by atoms with Gasteiger partial charge in [-0.25, -0.2) is 0 Å². The van der Waals surface area contributed by atoms with Crippen molar-refractivity contribution in [2.45, 2.75) is 275 Å². The molecular weight excluding hydrogens is 761 g/mol. The van der Waals surface area contributed by atoms with Crippen molar-refractivity contribution in [2.24, 2.45) is 0 Å². The lowest BCUT2D eigenvalue weighted by atomic mass is 9.99. The van der Waals surface area contributed by atoms with Gasteiger partial charge in [0.15, 0.2) is 12.4 Å². The molecule has 4 N–H and O–H groups in total. The fourth-order valence-electron chi connectivity index (χ4n) is 7.89. The van der Waals surface area contributed by atoms with Gasteiger partial charge >= 0.3 is 11.9 Å². The zero-order valence-corrected chi connectivity index (χ0v) is 38.7. The molecule has 1 fully saturated rings. The fraction of sp³-hybridized carbons (Fsp3) is 0.920. The van der Waals surface area contributed by atoms with Gasteiger partial charge in [-0.1, -0.05) is 199 Å². The van der Waals surface area contributed by atoms with Gasteiger partial charge in [0.2, 0.25) is 0 Å². The highest BCUT2D eigenvalue weighted by atomic mass is 16.7. The molecule has 0 bridgehead atoms. The van der Waals surface area contributed by atoms with Crippen molar-refractivity contribution in [2.75, 3.05) is 19.8 Å². The number of aliphatic hydroxyl groups is 4. The molecule has 0 amide bonds. The normalized spacial score (nSPS) is 19.9. The fourth-order valence-corrected chi connectivity index (χ4v) is 7.89. The van der Waals surface area contributed by atoms with Crippen LogP contribution >= 0.6 is 0 Å². The summed E-state index contributed by atoms with van der Waals surface area (Å²) in [5, 5.41) is 40.1. The van der Waals surface area contributed by atoms with Crippen molar-refractivity contribution in [3.05, 3.63) is 12.2 Å².